The lowest BCUT2D eigenvalue weighted by Gasteiger charge is -2.35. The number of methoxy groups -OCH3 is 1. The van der Waals surface area contributed by atoms with Crippen LogP contribution in [0.15, 0.2) is 12.1 Å². The molecular formula is C14H23N3O2. The van der Waals surface area contributed by atoms with Gasteiger partial charge in [-0.25, -0.2) is 0 Å². The second-order valence-corrected chi connectivity index (χ2v) is 5.02. The minimum Gasteiger partial charge on any atom is -0.480 e. The van der Waals surface area contributed by atoms with Gasteiger partial charge in [0, 0.05) is 31.3 Å². The first-order valence-corrected chi connectivity index (χ1v) is 7.01. The minimum absolute atomic E-state index is 0.253. The summed E-state index contributed by atoms with van der Waals surface area (Å²) in [6.07, 6.45) is 3.56. The lowest BCUT2D eigenvalue weighted by Crippen LogP contribution is -2.42. The summed E-state index contributed by atoms with van der Waals surface area (Å²) in [5, 5.41) is 7.91. The fourth-order valence-electron chi connectivity index (χ4n) is 2.34. The normalized spacial score (nSPS) is 19.1. The van der Waals surface area contributed by atoms with E-state index in [0.717, 1.165) is 25.9 Å². The van der Waals surface area contributed by atoms with E-state index < -0.39 is 0 Å². The van der Waals surface area contributed by atoms with Gasteiger partial charge in [-0.2, -0.15) is 0 Å². The Morgan fingerprint density at radius 2 is 1.89 bits per heavy atom. The highest BCUT2D eigenvalue weighted by Gasteiger charge is 2.23. The zero-order valence-corrected chi connectivity index (χ0v) is 12.0. The van der Waals surface area contributed by atoms with Crippen molar-refractivity contribution < 1.29 is 9.47 Å². The van der Waals surface area contributed by atoms with Gasteiger partial charge >= 0.3 is 0 Å². The summed E-state index contributed by atoms with van der Waals surface area (Å²) in [6.45, 7) is 6.73. The van der Waals surface area contributed by atoms with Gasteiger partial charge < -0.3 is 14.4 Å². The van der Waals surface area contributed by atoms with Crippen LogP contribution in [0.1, 0.15) is 33.1 Å². The Morgan fingerprint density at radius 1 is 1.26 bits per heavy atom. The van der Waals surface area contributed by atoms with Crippen molar-refractivity contribution in [1.29, 1.82) is 0 Å². The quantitative estimate of drug-likeness (QED) is 0.816. The molecule has 1 aliphatic rings. The van der Waals surface area contributed by atoms with Gasteiger partial charge in [0.2, 0.25) is 11.8 Å². The van der Waals surface area contributed by atoms with E-state index >= 15 is 0 Å². The third-order valence-corrected chi connectivity index (χ3v) is 3.80. The Balaban J connectivity index is 1.81. The van der Waals surface area contributed by atoms with Crippen LogP contribution in [0.3, 0.4) is 0 Å². The standard InChI is InChI=1S/C14H23N3O2/c1-4-11(2)17-9-7-12(8-10-17)19-14-6-5-13(18-3)15-16-14/h5-6,11-12H,4,7-10H2,1-3H3. The number of hydrogen-bond acceptors (Lipinski definition) is 5. The van der Waals surface area contributed by atoms with Crippen LogP contribution in [-0.2, 0) is 0 Å². The molecule has 1 aromatic rings. The van der Waals surface area contributed by atoms with E-state index in [4.69, 9.17) is 9.47 Å². The summed E-state index contributed by atoms with van der Waals surface area (Å²) >= 11 is 0. The van der Waals surface area contributed by atoms with Crippen molar-refractivity contribution in [3.05, 3.63) is 12.1 Å². The average Bonchev–Trinajstić information content (AvgIpc) is 2.48. The number of ether oxygens (including phenoxy) is 2. The topological polar surface area (TPSA) is 47.5 Å². The molecule has 1 aliphatic heterocycles. The van der Waals surface area contributed by atoms with E-state index in [9.17, 15) is 0 Å². The molecule has 2 heterocycles. The highest BCUT2D eigenvalue weighted by molar-refractivity contribution is 5.15. The Bertz CT molecular complexity index is 375. The van der Waals surface area contributed by atoms with Gasteiger partial charge in [-0.1, -0.05) is 6.92 Å². The van der Waals surface area contributed by atoms with Crippen molar-refractivity contribution in [2.24, 2.45) is 0 Å². The number of likely N-dealkylation sites (tertiary alicyclic amines) is 1. The van der Waals surface area contributed by atoms with Gasteiger partial charge in [-0.05, 0) is 26.2 Å². The highest BCUT2D eigenvalue weighted by Crippen LogP contribution is 2.19. The SMILES string of the molecule is CCC(C)N1CCC(Oc2ccc(OC)nn2)CC1. The zero-order chi connectivity index (χ0) is 13.7. The third kappa shape index (κ3) is 3.80. The van der Waals surface area contributed by atoms with Crippen LogP contribution in [-0.4, -0.2) is 47.4 Å². The van der Waals surface area contributed by atoms with E-state index in [2.05, 4.69) is 28.9 Å². The fraction of sp³-hybridized carbons (Fsp3) is 0.714. The van der Waals surface area contributed by atoms with Crippen molar-refractivity contribution >= 4 is 0 Å². The van der Waals surface area contributed by atoms with Gasteiger partial charge in [0.15, 0.2) is 0 Å². The van der Waals surface area contributed by atoms with Gasteiger partial charge in [0.25, 0.3) is 0 Å². The van der Waals surface area contributed by atoms with Crippen LogP contribution in [0.4, 0.5) is 0 Å². The van der Waals surface area contributed by atoms with E-state index in [1.165, 1.54) is 6.42 Å². The van der Waals surface area contributed by atoms with Gasteiger partial charge in [-0.3, -0.25) is 0 Å². The van der Waals surface area contributed by atoms with Crippen LogP contribution < -0.4 is 9.47 Å². The molecule has 1 atom stereocenters. The number of nitrogens with zero attached hydrogens (tertiary/aromatic N) is 3. The van der Waals surface area contributed by atoms with Crippen LogP contribution in [0, 0.1) is 0 Å². The molecule has 1 saturated heterocycles. The van der Waals surface area contributed by atoms with E-state index in [1.54, 1.807) is 13.2 Å². The maximum absolute atomic E-state index is 5.86. The summed E-state index contributed by atoms with van der Waals surface area (Å²) in [5.41, 5.74) is 0. The Morgan fingerprint density at radius 3 is 2.42 bits per heavy atom. The van der Waals surface area contributed by atoms with Gasteiger partial charge in [-0.15, -0.1) is 10.2 Å². The van der Waals surface area contributed by atoms with Crippen molar-refractivity contribution in [2.45, 2.75) is 45.3 Å². The molecule has 1 fully saturated rings. The molecule has 1 unspecified atom stereocenters. The predicted molar refractivity (Wildman–Crippen MR) is 73.6 cm³/mol. The molecule has 0 saturated carbocycles. The van der Waals surface area contributed by atoms with Crippen molar-refractivity contribution in [3.8, 4) is 11.8 Å². The largest absolute Gasteiger partial charge is 0.480 e. The van der Waals surface area contributed by atoms with Gasteiger partial charge in [0.1, 0.15) is 6.10 Å². The molecule has 0 bridgehead atoms. The van der Waals surface area contributed by atoms with E-state index in [1.807, 2.05) is 6.07 Å². The predicted octanol–water partition coefficient (Wildman–Crippen LogP) is 2.13. The van der Waals surface area contributed by atoms with Crippen LogP contribution in [0.5, 0.6) is 11.8 Å². The van der Waals surface area contributed by atoms with E-state index in [-0.39, 0.29) is 6.10 Å². The first kappa shape index (κ1) is 14.1. The summed E-state index contributed by atoms with van der Waals surface area (Å²) in [5.74, 6) is 1.10. The maximum atomic E-state index is 5.86. The highest BCUT2D eigenvalue weighted by atomic mass is 16.5. The monoisotopic (exact) mass is 265 g/mol. The molecule has 0 amide bonds. The first-order valence-electron chi connectivity index (χ1n) is 7.01. The fourth-order valence-corrected chi connectivity index (χ4v) is 2.34. The second-order valence-electron chi connectivity index (χ2n) is 5.02. The van der Waals surface area contributed by atoms with Crippen molar-refractivity contribution in [1.82, 2.24) is 15.1 Å². The van der Waals surface area contributed by atoms with Gasteiger partial charge in [0.05, 0.1) is 7.11 Å². The molecule has 0 radical (unpaired) electrons. The third-order valence-electron chi connectivity index (χ3n) is 3.80. The van der Waals surface area contributed by atoms with Crippen LogP contribution >= 0.6 is 0 Å². The zero-order valence-electron chi connectivity index (χ0n) is 12.0. The molecule has 0 aromatic carbocycles. The second kappa shape index (κ2) is 6.70. The average molecular weight is 265 g/mol. The lowest BCUT2D eigenvalue weighted by atomic mass is 10.1. The van der Waals surface area contributed by atoms with Crippen LogP contribution in [0.2, 0.25) is 0 Å². The minimum atomic E-state index is 0.253. The summed E-state index contributed by atoms with van der Waals surface area (Å²) in [6, 6.07) is 4.26. The van der Waals surface area contributed by atoms with Crippen molar-refractivity contribution in [3.63, 3.8) is 0 Å². The molecule has 2 rings (SSSR count). The van der Waals surface area contributed by atoms with Crippen molar-refractivity contribution in [2.75, 3.05) is 20.2 Å². The Kier molecular flexibility index (Phi) is 4.96. The van der Waals surface area contributed by atoms with Crippen LogP contribution in [0.25, 0.3) is 0 Å². The summed E-state index contributed by atoms with van der Waals surface area (Å²) in [7, 11) is 1.58. The smallest absolute Gasteiger partial charge is 0.233 e. The summed E-state index contributed by atoms with van der Waals surface area (Å²) < 4.78 is 10.8. The number of hydrogen-bond donors (Lipinski definition) is 0. The molecule has 0 spiro atoms. The molecule has 5 heteroatoms. The van der Waals surface area contributed by atoms with E-state index in [0.29, 0.717) is 17.8 Å². The number of rotatable bonds is 5. The molecule has 5 nitrogen and oxygen atoms in total. The maximum Gasteiger partial charge on any atom is 0.233 e. The summed E-state index contributed by atoms with van der Waals surface area (Å²) in [4.78, 5) is 2.53. The molecule has 106 valence electrons. The molecule has 0 N–H and O–H groups in total. The number of aromatic nitrogens is 2. The first-order chi connectivity index (χ1) is 9.22. The Labute approximate surface area is 114 Å². The number of piperidine rings is 1. The Hall–Kier alpha value is -1.36. The molecular weight excluding hydrogens is 242 g/mol. The molecule has 1 aromatic heterocycles. The molecule has 19 heavy (non-hydrogen) atoms. The molecule has 0 aliphatic carbocycles. The lowest BCUT2D eigenvalue weighted by molar-refractivity contribution is 0.0752.